The number of aliphatic carboxylic acids is 2. The largest absolute Gasteiger partial charge is 2.00 e. The second-order valence-corrected chi connectivity index (χ2v) is 4.07. The molecule has 0 atom stereocenters. The molecular weight excluding hydrogens is 463 g/mol. The SMILES string of the molecule is O=C([O-])Cc1ccccc1.O=C([O-])Cc1ccccc1.[Pb+2]. The van der Waals surface area contributed by atoms with Gasteiger partial charge >= 0.3 is 27.3 Å². The quantitative estimate of drug-likeness (QED) is 0.561. The van der Waals surface area contributed by atoms with E-state index in [0.29, 0.717) is 0 Å². The van der Waals surface area contributed by atoms with E-state index in [-0.39, 0.29) is 40.1 Å². The number of carbonyl (C=O) groups is 2. The van der Waals surface area contributed by atoms with Crippen LogP contribution in [-0.4, -0.2) is 39.2 Å². The maximum absolute atomic E-state index is 10.1. The number of rotatable bonds is 4. The van der Waals surface area contributed by atoms with Crippen LogP contribution in [0.2, 0.25) is 0 Å². The van der Waals surface area contributed by atoms with Crippen LogP contribution < -0.4 is 10.2 Å². The normalized spacial score (nSPS) is 8.76. The molecule has 0 saturated heterocycles. The molecule has 0 bridgehead atoms. The number of carboxylic acids is 2. The number of carboxylic acid groups (broad SMARTS) is 2. The molecule has 4 nitrogen and oxygen atoms in total. The summed E-state index contributed by atoms with van der Waals surface area (Å²) >= 11 is 0. The Morgan fingerprint density at radius 1 is 0.667 bits per heavy atom. The number of hydrogen-bond donors (Lipinski definition) is 0. The van der Waals surface area contributed by atoms with Crippen LogP contribution in [0.4, 0.5) is 0 Å². The van der Waals surface area contributed by atoms with Crippen molar-refractivity contribution in [3.05, 3.63) is 71.8 Å². The van der Waals surface area contributed by atoms with Gasteiger partial charge < -0.3 is 19.8 Å². The molecule has 0 amide bonds. The van der Waals surface area contributed by atoms with Gasteiger partial charge in [-0.25, -0.2) is 0 Å². The maximum Gasteiger partial charge on any atom is 2.00 e. The first kappa shape index (κ1) is 19.3. The molecule has 0 heterocycles. The molecule has 0 unspecified atom stereocenters. The second-order valence-electron chi connectivity index (χ2n) is 4.07. The Morgan fingerprint density at radius 2 is 0.952 bits per heavy atom. The number of carbonyl (C=O) groups excluding carboxylic acids is 2. The van der Waals surface area contributed by atoms with Crippen LogP contribution in [-0.2, 0) is 22.4 Å². The monoisotopic (exact) mass is 478 g/mol. The van der Waals surface area contributed by atoms with Crippen molar-refractivity contribution in [1.82, 2.24) is 0 Å². The fourth-order valence-corrected chi connectivity index (χ4v) is 1.53. The first-order valence-electron chi connectivity index (χ1n) is 6.05. The summed E-state index contributed by atoms with van der Waals surface area (Å²) in [5, 5.41) is 20.1. The van der Waals surface area contributed by atoms with Crippen molar-refractivity contribution in [1.29, 1.82) is 0 Å². The van der Waals surface area contributed by atoms with Crippen LogP contribution in [0.15, 0.2) is 60.7 Å². The molecule has 0 saturated carbocycles. The summed E-state index contributed by atoms with van der Waals surface area (Å²) in [6.07, 6.45) is 0.00167. The third-order valence-corrected chi connectivity index (χ3v) is 2.38. The minimum absolute atomic E-state index is 0. The Bertz CT molecular complexity index is 489. The predicted octanol–water partition coefficient (Wildman–Crippen LogP) is -0.423. The summed E-state index contributed by atoms with van der Waals surface area (Å²) < 4.78 is 0. The van der Waals surface area contributed by atoms with Gasteiger partial charge in [0.2, 0.25) is 0 Å². The van der Waals surface area contributed by atoms with Crippen LogP contribution in [0.5, 0.6) is 0 Å². The van der Waals surface area contributed by atoms with Crippen molar-refractivity contribution in [2.75, 3.05) is 0 Å². The minimum atomic E-state index is -1.04. The Morgan fingerprint density at radius 3 is 1.19 bits per heavy atom. The maximum atomic E-state index is 10.1. The average Bonchev–Trinajstić information content (AvgIpc) is 2.40. The van der Waals surface area contributed by atoms with Gasteiger partial charge in [0.1, 0.15) is 0 Å². The Balaban J connectivity index is 0.000000364. The summed E-state index contributed by atoms with van der Waals surface area (Å²) in [4.78, 5) is 20.1. The Labute approximate surface area is 143 Å². The summed E-state index contributed by atoms with van der Waals surface area (Å²) in [6.45, 7) is 0. The van der Waals surface area contributed by atoms with E-state index in [2.05, 4.69) is 0 Å². The topological polar surface area (TPSA) is 80.3 Å². The van der Waals surface area contributed by atoms with Crippen molar-refractivity contribution in [2.24, 2.45) is 0 Å². The van der Waals surface area contributed by atoms with Crippen LogP contribution in [0.3, 0.4) is 0 Å². The zero-order valence-electron chi connectivity index (χ0n) is 11.3. The number of hydrogen-bond acceptors (Lipinski definition) is 4. The van der Waals surface area contributed by atoms with Gasteiger partial charge in [0.15, 0.2) is 0 Å². The molecule has 21 heavy (non-hydrogen) atoms. The van der Waals surface area contributed by atoms with Crippen molar-refractivity contribution >= 4 is 39.2 Å². The van der Waals surface area contributed by atoms with E-state index < -0.39 is 11.9 Å². The molecule has 2 aromatic rings. The predicted molar refractivity (Wildman–Crippen MR) is 76.1 cm³/mol. The van der Waals surface area contributed by atoms with E-state index in [1.807, 2.05) is 12.1 Å². The van der Waals surface area contributed by atoms with Gasteiger partial charge in [0, 0.05) is 24.8 Å². The number of benzene rings is 2. The average molecular weight is 477 g/mol. The second kappa shape index (κ2) is 11.0. The molecule has 0 aromatic heterocycles. The van der Waals surface area contributed by atoms with E-state index in [1.54, 1.807) is 48.5 Å². The van der Waals surface area contributed by atoms with Gasteiger partial charge in [-0.15, -0.1) is 0 Å². The van der Waals surface area contributed by atoms with E-state index in [4.69, 9.17) is 0 Å². The van der Waals surface area contributed by atoms with Gasteiger partial charge in [-0.1, -0.05) is 60.7 Å². The van der Waals surface area contributed by atoms with Crippen molar-refractivity contribution in [3.8, 4) is 0 Å². The molecule has 0 fully saturated rings. The van der Waals surface area contributed by atoms with Crippen LogP contribution >= 0.6 is 0 Å². The zero-order chi connectivity index (χ0) is 14.8. The Kier molecular flexibility index (Phi) is 10.1. The minimum Gasteiger partial charge on any atom is -0.550 e. The molecule has 0 aliphatic carbocycles. The van der Waals surface area contributed by atoms with E-state index in [1.165, 1.54) is 0 Å². The first-order chi connectivity index (χ1) is 9.58. The molecule has 0 spiro atoms. The molecule has 0 N–H and O–H groups in total. The van der Waals surface area contributed by atoms with Gasteiger partial charge in [0.05, 0.1) is 0 Å². The third kappa shape index (κ3) is 9.78. The van der Waals surface area contributed by atoms with E-state index in [9.17, 15) is 19.8 Å². The molecule has 2 radical (unpaired) electrons. The van der Waals surface area contributed by atoms with Crippen LogP contribution in [0.25, 0.3) is 0 Å². The third-order valence-electron chi connectivity index (χ3n) is 2.38. The van der Waals surface area contributed by atoms with E-state index in [0.717, 1.165) is 11.1 Å². The molecule has 2 rings (SSSR count). The fourth-order valence-electron chi connectivity index (χ4n) is 1.53. The van der Waals surface area contributed by atoms with Crippen molar-refractivity contribution < 1.29 is 19.8 Å². The summed E-state index contributed by atoms with van der Waals surface area (Å²) in [5.41, 5.74) is 1.56. The van der Waals surface area contributed by atoms with E-state index >= 15 is 0 Å². The van der Waals surface area contributed by atoms with Crippen molar-refractivity contribution in [3.63, 3.8) is 0 Å². The Hall–Kier alpha value is -1.70. The smallest absolute Gasteiger partial charge is 0.550 e. The molecule has 2 aromatic carbocycles. The molecule has 0 aliphatic rings. The summed E-state index contributed by atoms with van der Waals surface area (Å²) in [5.74, 6) is -2.07. The van der Waals surface area contributed by atoms with Crippen LogP contribution in [0.1, 0.15) is 11.1 Å². The van der Waals surface area contributed by atoms with Gasteiger partial charge in [0.25, 0.3) is 0 Å². The van der Waals surface area contributed by atoms with Crippen LogP contribution in [0, 0.1) is 0 Å². The van der Waals surface area contributed by atoms with Gasteiger partial charge in [-0.2, -0.15) is 0 Å². The molecular formula is C16H14O4Pb. The standard InChI is InChI=1S/2C8H8O2.Pb/c2*9-8(10)6-7-4-2-1-3-5-7;/h2*1-5H,6H2,(H,9,10);/q;;+2/p-2. The molecule has 5 heteroatoms. The van der Waals surface area contributed by atoms with Gasteiger partial charge in [-0.3, -0.25) is 0 Å². The summed E-state index contributed by atoms with van der Waals surface area (Å²) in [6, 6.07) is 17.9. The summed E-state index contributed by atoms with van der Waals surface area (Å²) in [7, 11) is 0. The van der Waals surface area contributed by atoms with Crippen molar-refractivity contribution in [2.45, 2.75) is 12.8 Å². The molecule has 106 valence electrons. The first-order valence-corrected chi connectivity index (χ1v) is 6.05. The fraction of sp³-hybridized carbons (Fsp3) is 0.125. The molecule has 0 aliphatic heterocycles. The zero-order valence-corrected chi connectivity index (χ0v) is 15.2. The van der Waals surface area contributed by atoms with Gasteiger partial charge in [-0.05, 0) is 11.1 Å².